The summed E-state index contributed by atoms with van der Waals surface area (Å²) in [6.45, 7) is 6.79. The molecule has 1 fully saturated rings. The van der Waals surface area contributed by atoms with Crippen LogP contribution in [0.3, 0.4) is 0 Å². The van der Waals surface area contributed by atoms with Gasteiger partial charge in [0.2, 0.25) is 0 Å². The lowest BCUT2D eigenvalue weighted by Crippen LogP contribution is -2.49. The third kappa shape index (κ3) is 6.94. The number of rotatable bonds is 7. The quantitative estimate of drug-likeness (QED) is 0.533. The van der Waals surface area contributed by atoms with E-state index in [4.69, 9.17) is 4.74 Å². The third-order valence-electron chi connectivity index (χ3n) is 6.42. The zero-order valence-electron chi connectivity index (χ0n) is 21.4. The lowest BCUT2D eigenvalue weighted by atomic mass is 9.93. The second-order valence-corrected chi connectivity index (χ2v) is 8.99. The number of hydrogen-bond acceptors (Lipinski definition) is 5. The number of carbonyl (C=O) groups is 3. The molecular formula is C25H34F3N5O4. The van der Waals surface area contributed by atoms with Crippen molar-refractivity contribution in [2.45, 2.75) is 38.9 Å². The van der Waals surface area contributed by atoms with Crippen LogP contribution in [0.4, 0.5) is 22.8 Å². The molecule has 3 rings (SSSR count). The van der Waals surface area contributed by atoms with Crippen LogP contribution in [0.1, 0.15) is 43.9 Å². The normalized spacial score (nSPS) is 19.4. The molecule has 0 unspecified atom stereocenters. The van der Waals surface area contributed by atoms with Crippen molar-refractivity contribution in [2.75, 3.05) is 52.9 Å². The van der Waals surface area contributed by atoms with E-state index in [9.17, 15) is 27.6 Å². The lowest BCUT2D eigenvalue weighted by Gasteiger charge is -2.36. The van der Waals surface area contributed by atoms with E-state index in [2.05, 4.69) is 15.5 Å². The first-order chi connectivity index (χ1) is 17.6. The number of esters is 1. The minimum absolute atomic E-state index is 0.0958. The highest BCUT2D eigenvalue weighted by Crippen LogP contribution is 2.34. The molecule has 0 saturated carbocycles. The molecule has 204 valence electrons. The number of ether oxygens (including phenoxy) is 1. The van der Waals surface area contributed by atoms with E-state index < -0.39 is 29.8 Å². The van der Waals surface area contributed by atoms with Gasteiger partial charge in [0, 0.05) is 52.0 Å². The fourth-order valence-electron chi connectivity index (χ4n) is 4.40. The summed E-state index contributed by atoms with van der Waals surface area (Å²) >= 11 is 0. The van der Waals surface area contributed by atoms with Crippen LogP contribution in [-0.4, -0.2) is 85.7 Å². The Bertz CT molecular complexity index is 1010. The number of likely N-dealkylation sites (N-methyl/N-ethyl adjacent to an activating group) is 1. The average Bonchev–Trinajstić information content (AvgIpc) is 3.10. The highest BCUT2D eigenvalue weighted by Gasteiger charge is 2.38. The first-order valence-electron chi connectivity index (χ1n) is 12.4. The van der Waals surface area contributed by atoms with Crippen LogP contribution < -0.4 is 10.6 Å². The minimum Gasteiger partial charge on any atom is -0.463 e. The Morgan fingerprint density at radius 1 is 1.11 bits per heavy atom. The Morgan fingerprint density at radius 2 is 1.81 bits per heavy atom. The van der Waals surface area contributed by atoms with E-state index in [0.29, 0.717) is 50.4 Å². The number of nitrogens with one attached hydrogen (secondary N) is 2. The summed E-state index contributed by atoms with van der Waals surface area (Å²) in [5.41, 5.74) is 0.0978. The van der Waals surface area contributed by atoms with Crippen LogP contribution in [0.5, 0.6) is 0 Å². The van der Waals surface area contributed by atoms with Crippen molar-refractivity contribution in [3.63, 3.8) is 0 Å². The van der Waals surface area contributed by atoms with Crippen LogP contribution in [0.25, 0.3) is 0 Å². The van der Waals surface area contributed by atoms with Crippen molar-refractivity contribution in [2.24, 2.45) is 0 Å². The number of carbonyl (C=O) groups excluding carboxylic acids is 3. The number of nitrogens with zero attached hydrogens (tertiary/aromatic N) is 3. The highest BCUT2D eigenvalue weighted by molar-refractivity contribution is 5.95. The fraction of sp³-hybridized carbons (Fsp3) is 0.560. The van der Waals surface area contributed by atoms with E-state index in [-0.39, 0.29) is 24.8 Å². The molecule has 4 amide bonds. The Labute approximate surface area is 214 Å². The van der Waals surface area contributed by atoms with Gasteiger partial charge in [0.1, 0.15) is 0 Å². The molecule has 0 aromatic heterocycles. The molecule has 2 N–H and O–H groups in total. The van der Waals surface area contributed by atoms with Crippen molar-refractivity contribution < 1.29 is 32.3 Å². The van der Waals surface area contributed by atoms with Crippen LogP contribution in [-0.2, 0) is 15.7 Å². The van der Waals surface area contributed by atoms with Gasteiger partial charge in [-0.3, -0.25) is 9.80 Å². The van der Waals surface area contributed by atoms with Gasteiger partial charge in [-0.25, -0.2) is 14.4 Å². The molecule has 0 aliphatic carbocycles. The maximum atomic E-state index is 13.1. The van der Waals surface area contributed by atoms with Crippen molar-refractivity contribution in [1.29, 1.82) is 0 Å². The molecule has 1 aromatic rings. The fourth-order valence-corrected chi connectivity index (χ4v) is 4.40. The monoisotopic (exact) mass is 525 g/mol. The maximum absolute atomic E-state index is 13.1. The topological polar surface area (TPSA) is 94.2 Å². The van der Waals surface area contributed by atoms with Crippen LogP contribution in [0.2, 0.25) is 0 Å². The smallest absolute Gasteiger partial charge is 0.416 e. The molecular weight excluding hydrogens is 491 g/mol. The third-order valence-corrected chi connectivity index (χ3v) is 6.42. The Kier molecular flexibility index (Phi) is 9.41. The summed E-state index contributed by atoms with van der Waals surface area (Å²) in [4.78, 5) is 43.5. The van der Waals surface area contributed by atoms with Gasteiger partial charge >= 0.3 is 24.2 Å². The van der Waals surface area contributed by atoms with Gasteiger partial charge in [-0.05, 0) is 37.5 Å². The van der Waals surface area contributed by atoms with E-state index in [1.807, 2.05) is 6.92 Å². The van der Waals surface area contributed by atoms with Crippen molar-refractivity contribution in [1.82, 2.24) is 25.3 Å². The maximum Gasteiger partial charge on any atom is 0.416 e. The molecule has 9 nitrogen and oxygen atoms in total. The Morgan fingerprint density at radius 3 is 2.43 bits per heavy atom. The SMILES string of the molecule is CCCNC(=O)N1CCCN(CC2=C(C(=O)OCC)[C@H](c3ccc(C(F)(F)F)cc3)NC(=O)N2C)CC1. The number of alkyl halides is 3. The Hall–Kier alpha value is -3.28. The molecule has 0 bridgehead atoms. The number of hydrogen-bond donors (Lipinski definition) is 2. The van der Waals surface area contributed by atoms with Gasteiger partial charge in [-0.15, -0.1) is 0 Å². The summed E-state index contributed by atoms with van der Waals surface area (Å²) in [5.74, 6) is -0.648. The second kappa shape index (κ2) is 12.3. The first-order valence-corrected chi connectivity index (χ1v) is 12.4. The second-order valence-electron chi connectivity index (χ2n) is 8.99. The zero-order chi connectivity index (χ0) is 27.2. The Balaban J connectivity index is 1.90. The van der Waals surface area contributed by atoms with E-state index in [1.165, 1.54) is 24.1 Å². The first kappa shape index (κ1) is 28.3. The van der Waals surface area contributed by atoms with Crippen molar-refractivity contribution in [3.8, 4) is 0 Å². The van der Waals surface area contributed by atoms with Crippen LogP contribution >= 0.6 is 0 Å². The van der Waals surface area contributed by atoms with Gasteiger partial charge in [0.15, 0.2) is 0 Å². The van der Waals surface area contributed by atoms with Crippen LogP contribution in [0, 0.1) is 0 Å². The number of halogens is 3. The molecule has 12 heteroatoms. The molecule has 0 spiro atoms. The molecule has 2 aliphatic heterocycles. The average molecular weight is 526 g/mol. The van der Waals surface area contributed by atoms with Gasteiger partial charge < -0.3 is 20.3 Å². The zero-order valence-corrected chi connectivity index (χ0v) is 21.4. The lowest BCUT2D eigenvalue weighted by molar-refractivity contribution is -0.139. The summed E-state index contributed by atoms with van der Waals surface area (Å²) in [7, 11) is 1.54. The number of benzene rings is 1. The van der Waals surface area contributed by atoms with Crippen molar-refractivity contribution in [3.05, 3.63) is 46.7 Å². The molecule has 1 atom stereocenters. The molecule has 1 aromatic carbocycles. The predicted octanol–water partition coefficient (Wildman–Crippen LogP) is 3.35. The standard InChI is InChI=1S/C25H34F3N5O4/c1-4-11-29-23(35)33-13-6-12-32(14-15-33)16-19-20(22(34)37-5-2)21(30-24(36)31(19)3)17-7-9-18(10-8-17)25(26,27)28/h7-10,21H,4-6,11-16H2,1-3H3,(H,29,35)(H,30,36)/t21-/m0/s1. The van der Waals surface area contributed by atoms with E-state index >= 15 is 0 Å². The predicted molar refractivity (Wildman–Crippen MR) is 130 cm³/mol. The highest BCUT2D eigenvalue weighted by atomic mass is 19.4. The molecule has 37 heavy (non-hydrogen) atoms. The molecule has 0 radical (unpaired) electrons. The van der Waals surface area contributed by atoms with Gasteiger partial charge in [0.25, 0.3) is 0 Å². The van der Waals surface area contributed by atoms with Gasteiger partial charge in [-0.2, -0.15) is 13.2 Å². The number of urea groups is 2. The number of amides is 4. The summed E-state index contributed by atoms with van der Waals surface area (Å²) in [6, 6.07) is 2.80. The largest absolute Gasteiger partial charge is 0.463 e. The molecule has 1 saturated heterocycles. The van der Waals surface area contributed by atoms with E-state index in [0.717, 1.165) is 18.6 Å². The molecule has 2 heterocycles. The van der Waals surface area contributed by atoms with Gasteiger partial charge in [-0.1, -0.05) is 19.1 Å². The van der Waals surface area contributed by atoms with Crippen molar-refractivity contribution >= 4 is 18.0 Å². The molecule has 2 aliphatic rings. The van der Waals surface area contributed by atoms with Gasteiger partial charge in [0.05, 0.1) is 23.8 Å². The summed E-state index contributed by atoms with van der Waals surface area (Å²) < 4.78 is 44.5. The summed E-state index contributed by atoms with van der Waals surface area (Å²) in [5, 5.41) is 5.60. The minimum atomic E-state index is -4.51. The summed E-state index contributed by atoms with van der Waals surface area (Å²) in [6.07, 6.45) is -2.96. The van der Waals surface area contributed by atoms with E-state index in [1.54, 1.807) is 11.8 Å². The van der Waals surface area contributed by atoms with Crippen LogP contribution in [0.15, 0.2) is 35.5 Å².